The van der Waals surface area contributed by atoms with E-state index in [0.717, 1.165) is 5.56 Å². The molecule has 2 rings (SSSR count). The van der Waals surface area contributed by atoms with Gasteiger partial charge in [0.05, 0.1) is 6.04 Å². The summed E-state index contributed by atoms with van der Waals surface area (Å²) >= 11 is 5.94. The number of halogens is 1. The molecule has 2 aromatic carbocycles. The number of benzene rings is 2. The highest BCUT2D eigenvalue weighted by atomic mass is 35.5. The summed E-state index contributed by atoms with van der Waals surface area (Å²) in [4.78, 5) is 14.2. The van der Waals surface area contributed by atoms with Crippen LogP contribution in [-0.4, -0.2) is 29.6 Å². The molecule has 0 aliphatic heterocycles. The van der Waals surface area contributed by atoms with E-state index in [9.17, 15) is 9.90 Å². The molecule has 0 aliphatic carbocycles. The van der Waals surface area contributed by atoms with E-state index in [4.69, 9.17) is 11.6 Å². The Kier molecular flexibility index (Phi) is 5.37. The second-order valence-corrected chi connectivity index (χ2v) is 5.30. The van der Waals surface area contributed by atoms with E-state index in [1.165, 1.54) is 0 Å². The van der Waals surface area contributed by atoms with E-state index in [-0.39, 0.29) is 18.6 Å². The summed E-state index contributed by atoms with van der Waals surface area (Å²) in [5.41, 5.74) is 1.55. The van der Waals surface area contributed by atoms with Gasteiger partial charge in [0.2, 0.25) is 0 Å². The third-order valence-corrected chi connectivity index (χ3v) is 3.68. The third-order valence-electron chi connectivity index (χ3n) is 3.45. The van der Waals surface area contributed by atoms with E-state index in [2.05, 4.69) is 0 Å². The maximum absolute atomic E-state index is 12.6. The van der Waals surface area contributed by atoms with E-state index >= 15 is 0 Å². The number of hydrogen-bond acceptors (Lipinski definition) is 2. The van der Waals surface area contributed by atoms with Gasteiger partial charge in [-0.3, -0.25) is 4.79 Å². The number of rotatable bonds is 5. The Labute approximate surface area is 129 Å². The summed E-state index contributed by atoms with van der Waals surface area (Å²) in [5.74, 6) is -0.111. The minimum atomic E-state index is -0.164. The summed E-state index contributed by atoms with van der Waals surface area (Å²) < 4.78 is 0. The van der Waals surface area contributed by atoms with Crippen LogP contribution in [0.1, 0.15) is 28.4 Å². The molecule has 1 atom stereocenters. The van der Waals surface area contributed by atoms with Crippen molar-refractivity contribution in [2.75, 3.05) is 13.7 Å². The lowest BCUT2D eigenvalue weighted by Gasteiger charge is -2.28. The number of nitrogens with zero attached hydrogens (tertiary/aromatic N) is 1. The first-order valence-corrected chi connectivity index (χ1v) is 7.20. The number of aliphatic hydroxyl groups excluding tert-OH is 1. The molecule has 0 aliphatic rings. The average molecular weight is 304 g/mol. The van der Waals surface area contributed by atoms with Crippen LogP contribution in [0.15, 0.2) is 54.6 Å². The van der Waals surface area contributed by atoms with Crippen molar-refractivity contribution in [3.63, 3.8) is 0 Å². The molecule has 0 bridgehead atoms. The SMILES string of the molecule is CN(C(=O)c1cccc(Cl)c1)C(CCO)c1ccccc1. The van der Waals surface area contributed by atoms with Gasteiger partial charge in [-0.15, -0.1) is 0 Å². The Morgan fingerprint density at radius 2 is 1.90 bits per heavy atom. The van der Waals surface area contributed by atoms with Crippen molar-refractivity contribution in [1.82, 2.24) is 4.90 Å². The summed E-state index contributed by atoms with van der Waals surface area (Å²) in [5, 5.41) is 9.82. The number of hydrogen-bond donors (Lipinski definition) is 1. The maximum atomic E-state index is 12.6. The lowest BCUT2D eigenvalue weighted by atomic mass is 10.0. The van der Waals surface area contributed by atoms with Crippen LogP contribution < -0.4 is 0 Å². The van der Waals surface area contributed by atoms with Crippen molar-refractivity contribution in [3.05, 3.63) is 70.7 Å². The van der Waals surface area contributed by atoms with Gasteiger partial charge in [-0.2, -0.15) is 0 Å². The van der Waals surface area contributed by atoms with Gasteiger partial charge in [0, 0.05) is 24.2 Å². The summed E-state index contributed by atoms with van der Waals surface area (Å²) in [7, 11) is 1.75. The molecule has 0 saturated heterocycles. The van der Waals surface area contributed by atoms with E-state index < -0.39 is 0 Å². The van der Waals surface area contributed by atoms with Crippen LogP contribution in [0, 0.1) is 0 Å². The first kappa shape index (κ1) is 15.5. The Morgan fingerprint density at radius 1 is 1.19 bits per heavy atom. The van der Waals surface area contributed by atoms with Crippen LogP contribution in [0.4, 0.5) is 0 Å². The van der Waals surface area contributed by atoms with Gasteiger partial charge in [0.25, 0.3) is 5.91 Å². The molecular formula is C17H18ClNO2. The predicted octanol–water partition coefficient (Wildman–Crippen LogP) is 3.54. The molecule has 2 aromatic rings. The Balaban J connectivity index is 2.26. The van der Waals surface area contributed by atoms with Crippen LogP contribution in [-0.2, 0) is 0 Å². The van der Waals surface area contributed by atoms with Crippen molar-refractivity contribution in [2.45, 2.75) is 12.5 Å². The quantitative estimate of drug-likeness (QED) is 0.918. The zero-order valence-electron chi connectivity index (χ0n) is 11.9. The molecule has 1 amide bonds. The van der Waals surface area contributed by atoms with Gasteiger partial charge >= 0.3 is 0 Å². The molecule has 3 nitrogen and oxygen atoms in total. The second kappa shape index (κ2) is 7.25. The Bertz CT molecular complexity index is 601. The number of carbonyl (C=O) groups excluding carboxylic acids is 1. The van der Waals surface area contributed by atoms with Crippen LogP contribution in [0.5, 0.6) is 0 Å². The molecule has 0 saturated carbocycles. The predicted molar refractivity (Wildman–Crippen MR) is 84.4 cm³/mol. The molecule has 1 N–H and O–H groups in total. The third kappa shape index (κ3) is 3.84. The van der Waals surface area contributed by atoms with E-state index in [1.807, 2.05) is 30.3 Å². The molecule has 0 spiro atoms. The standard InChI is InChI=1S/C17H18ClNO2/c1-19(17(21)14-8-5-9-15(18)12-14)16(10-11-20)13-6-3-2-4-7-13/h2-9,12,16,20H,10-11H2,1H3. The molecule has 21 heavy (non-hydrogen) atoms. The number of amides is 1. The molecule has 1 unspecified atom stereocenters. The zero-order chi connectivity index (χ0) is 15.2. The van der Waals surface area contributed by atoms with Crippen molar-refractivity contribution < 1.29 is 9.90 Å². The van der Waals surface area contributed by atoms with E-state index in [0.29, 0.717) is 17.0 Å². The number of carbonyl (C=O) groups is 1. The molecule has 0 fully saturated rings. The summed E-state index contributed by atoms with van der Waals surface area (Å²) in [6.07, 6.45) is 0.493. The van der Waals surface area contributed by atoms with Crippen LogP contribution in [0.3, 0.4) is 0 Å². The van der Waals surface area contributed by atoms with Gasteiger partial charge < -0.3 is 10.0 Å². The fraction of sp³-hybridized carbons (Fsp3) is 0.235. The van der Waals surface area contributed by atoms with Gasteiger partial charge in [0.15, 0.2) is 0 Å². The van der Waals surface area contributed by atoms with Gasteiger partial charge in [-0.25, -0.2) is 0 Å². The topological polar surface area (TPSA) is 40.5 Å². The van der Waals surface area contributed by atoms with Crippen LogP contribution in [0.25, 0.3) is 0 Å². The fourth-order valence-corrected chi connectivity index (χ4v) is 2.54. The van der Waals surface area contributed by atoms with Crippen LogP contribution in [0.2, 0.25) is 5.02 Å². The molecule has 110 valence electrons. The highest BCUT2D eigenvalue weighted by molar-refractivity contribution is 6.30. The molecule has 4 heteroatoms. The highest BCUT2D eigenvalue weighted by Gasteiger charge is 2.22. The van der Waals surface area contributed by atoms with E-state index in [1.54, 1.807) is 36.2 Å². The Hall–Kier alpha value is -1.84. The van der Waals surface area contributed by atoms with Gasteiger partial charge in [0.1, 0.15) is 0 Å². The van der Waals surface area contributed by atoms with Crippen molar-refractivity contribution >= 4 is 17.5 Å². The first-order valence-electron chi connectivity index (χ1n) is 6.82. The Morgan fingerprint density at radius 3 is 2.52 bits per heavy atom. The lowest BCUT2D eigenvalue weighted by Crippen LogP contribution is -2.31. The van der Waals surface area contributed by atoms with Crippen molar-refractivity contribution in [1.29, 1.82) is 0 Å². The fourth-order valence-electron chi connectivity index (χ4n) is 2.35. The van der Waals surface area contributed by atoms with Gasteiger partial charge in [-0.05, 0) is 30.2 Å². The molecule has 0 aromatic heterocycles. The monoisotopic (exact) mass is 303 g/mol. The zero-order valence-corrected chi connectivity index (χ0v) is 12.6. The van der Waals surface area contributed by atoms with Crippen LogP contribution >= 0.6 is 11.6 Å². The largest absolute Gasteiger partial charge is 0.396 e. The summed E-state index contributed by atoms with van der Waals surface area (Å²) in [6, 6.07) is 16.4. The molecular weight excluding hydrogens is 286 g/mol. The first-order chi connectivity index (χ1) is 10.1. The highest BCUT2D eigenvalue weighted by Crippen LogP contribution is 2.25. The summed E-state index contributed by atoms with van der Waals surface area (Å²) in [6.45, 7) is 0.0206. The minimum Gasteiger partial charge on any atom is -0.396 e. The lowest BCUT2D eigenvalue weighted by molar-refractivity contribution is 0.0705. The minimum absolute atomic E-state index is 0.0206. The average Bonchev–Trinajstić information content (AvgIpc) is 2.52. The van der Waals surface area contributed by atoms with Gasteiger partial charge in [-0.1, -0.05) is 48.0 Å². The maximum Gasteiger partial charge on any atom is 0.254 e. The molecule has 0 radical (unpaired) electrons. The second-order valence-electron chi connectivity index (χ2n) is 4.87. The van der Waals surface area contributed by atoms with Crippen molar-refractivity contribution in [2.24, 2.45) is 0 Å². The number of aliphatic hydroxyl groups is 1. The normalized spacial score (nSPS) is 12.0. The molecule has 0 heterocycles. The van der Waals surface area contributed by atoms with Crippen molar-refractivity contribution in [3.8, 4) is 0 Å². The smallest absolute Gasteiger partial charge is 0.254 e.